The van der Waals surface area contributed by atoms with Crippen LogP contribution >= 0.6 is 0 Å². The summed E-state index contributed by atoms with van der Waals surface area (Å²) in [7, 11) is 1.58. The summed E-state index contributed by atoms with van der Waals surface area (Å²) in [5.41, 5.74) is 0.978. The van der Waals surface area contributed by atoms with Gasteiger partial charge in [-0.25, -0.2) is 4.79 Å². The summed E-state index contributed by atoms with van der Waals surface area (Å²) in [6, 6.07) is 7.47. The van der Waals surface area contributed by atoms with Gasteiger partial charge in [-0.05, 0) is 43.4 Å². The minimum absolute atomic E-state index is 0.0584. The molecule has 1 aromatic rings. The Morgan fingerprint density at radius 3 is 2.50 bits per heavy atom. The average molecular weight is 334 g/mol. The average Bonchev–Trinajstić information content (AvgIpc) is 2.59. The summed E-state index contributed by atoms with van der Waals surface area (Å²) in [5.74, 6) is -0.0428. The molecule has 1 aliphatic rings. The molecule has 1 saturated carbocycles. The largest absolute Gasteiger partial charge is 0.490 e. The number of urea groups is 1. The molecule has 2 amide bonds. The molecule has 2 N–H and O–H groups in total. The van der Waals surface area contributed by atoms with Crippen LogP contribution in [0.2, 0.25) is 0 Å². The van der Waals surface area contributed by atoms with Gasteiger partial charge in [0.15, 0.2) is 0 Å². The standard InChI is InChI=1S/C18H26N2O4/c1-20(12-11-17(21)22)18(23)19-13-14-7-9-16(10-8-14)24-15-5-3-2-4-6-15/h7-10,15H,2-6,11-13H2,1H3,(H,19,23)(H,21,22). The van der Waals surface area contributed by atoms with Crippen molar-refractivity contribution in [2.45, 2.75) is 51.2 Å². The second-order valence-electron chi connectivity index (χ2n) is 6.25. The number of amides is 2. The number of nitrogens with zero attached hydrogens (tertiary/aromatic N) is 1. The third-order valence-corrected chi connectivity index (χ3v) is 4.23. The number of hydrogen-bond donors (Lipinski definition) is 2. The van der Waals surface area contributed by atoms with Crippen LogP contribution < -0.4 is 10.1 Å². The zero-order valence-electron chi connectivity index (χ0n) is 14.2. The number of carboxylic acids is 1. The van der Waals surface area contributed by atoms with Crippen LogP contribution in [0, 0.1) is 0 Å². The lowest BCUT2D eigenvalue weighted by Crippen LogP contribution is -2.37. The van der Waals surface area contributed by atoms with Gasteiger partial charge in [-0.2, -0.15) is 0 Å². The SMILES string of the molecule is CN(CCC(=O)O)C(=O)NCc1ccc(OC2CCCCC2)cc1. The van der Waals surface area contributed by atoms with Crippen LogP contribution in [-0.4, -0.2) is 41.7 Å². The maximum Gasteiger partial charge on any atom is 0.317 e. The second kappa shape index (κ2) is 9.15. The fourth-order valence-electron chi connectivity index (χ4n) is 2.74. The van der Waals surface area contributed by atoms with Crippen molar-refractivity contribution >= 4 is 12.0 Å². The van der Waals surface area contributed by atoms with Crippen LogP contribution in [0.4, 0.5) is 4.79 Å². The highest BCUT2D eigenvalue weighted by Crippen LogP contribution is 2.23. The van der Waals surface area contributed by atoms with Crippen molar-refractivity contribution in [3.05, 3.63) is 29.8 Å². The summed E-state index contributed by atoms with van der Waals surface area (Å²) >= 11 is 0. The Hall–Kier alpha value is -2.24. The van der Waals surface area contributed by atoms with E-state index in [1.54, 1.807) is 7.05 Å². The van der Waals surface area contributed by atoms with Crippen LogP contribution in [0.3, 0.4) is 0 Å². The van der Waals surface area contributed by atoms with Gasteiger partial charge in [-0.3, -0.25) is 4.79 Å². The van der Waals surface area contributed by atoms with Gasteiger partial charge >= 0.3 is 12.0 Å². The summed E-state index contributed by atoms with van der Waals surface area (Å²) in [6.45, 7) is 0.593. The molecule has 0 bridgehead atoms. The van der Waals surface area contributed by atoms with E-state index >= 15 is 0 Å². The van der Waals surface area contributed by atoms with E-state index in [2.05, 4.69) is 5.32 Å². The Kier molecular flexibility index (Phi) is 6.90. The predicted molar refractivity (Wildman–Crippen MR) is 91.1 cm³/mol. The van der Waals surface area contributed by atoms with Crippen LogP contribution in [0.5, 0.6) is 5.75 Å². The molecule has 24 heavy (non-hydrogen) atoms. The Balaban J connectivity index is 1.74. The molecule has 1 fully saturated rings. The van der Waals surface area contributed by atoms with E-state index in [9.17, 15) is 9.59 Å². The Labute approximate surface area is 142 Å². The Morgan fingerprint density at radius 1 is 1.21 bits per heavy atom. The van der Waals surface area contributed by atoms with E-state index in [-0.39, 0.29) is 19.0 Å². The topological polar surface area (TPSA) is 78.9 Å². The normalized spacial score (nSPS) is 14.9. The first-order chi connectivity index (χ1) is 11.5. The van der Waals surface area contributed by atoms with E-state index in [1.807, 2.05) is 24.3 Å². The molecule has 1 aliphatic carbocycles. The van der Waals surface area contributed by atoms with Gasteiger partial charge in [-0.15, -0.1) is 0 Å². The molecule has 1 aromatic carbocycles. The second-order valence-corrected chi connectivity index (χ2v) is 6.25. The lowest BCUT2D eigenvalue weighted by molar-refractivity contribution is -0.137. The number of hydrogen-bond acceptors (Lipinski definition) is 3. The molecule has 132 valence electrons. The molecule has 6 heteroatoms. The van der Waals surface area contributed by atoms with Crippen molar-refractivity contribution in [2.24, 2.45) is 0 Å². The molecular formula is C18H26N2O4. The molecular weight excluding hydrogens is 308 g/mol. The summed E-state index contributed by atoms with van der Waals surface area (Å²) in [4.78, 5) is 23.7. The lowest BCUT2D eigenvalue weighted by Gasteiger charge is -2.23. The van der Waals surface area contributed by atoms with Gasteiger partial charge in [0.05, 0.1) is 12.5 Å². The van der Waals surface area contributed by atoms with Crippen LogP contribution in [0.25, 0.3) is 0 Å². The van der Waals surface area contributed by atoms with Gasteiger partial charge in [0.25, 0.3) is 0 Å². The molecule has 0 radical (unpaired) electrons. The fraction of sp³-hybridized carbons (Fsp3) is 0.556. The number of benzene rings is 1. The molecule has 0 saturated heterocycles. The Morgan fingerprint density at radius 2 is 1.88 bits per heavy atom. The van der Waals surface area contributed by atoms with Gasteiger partial charge in [0.1, 0.15) is 5.75 Å². The van der Waals surface area contributed by atoms with Gasteiger partial charge in [0, 0.05) is 20.1 Å². The first kappa shape index (κ1) is 18.1. The molecule has 0 unspecified atom stereocenters. The highest BCUT2D eigenvalue weighted by atomic mass is 16.5. The number of ether oxygens (including phenoxy) is 1. The maximum absolute atomic E-state index is 11.9. The zero-order chi connectivity index (χ0) is 17.4. The van der Waals surface area contributed by atoms with Crippen LogP contribution in [0.15, 0.2) is 24.3 Å². The van der Waals surface area contributed by atoms with Crippen molar-refractivity contribution in [3.8, 4) is 5.75 Å². The Bertz CT molecular complexity index is 538. The van der Waals surface area contributed by atoms with Crippen molar-refractivity contribution in [1.82, 2.24) is 10.2 Å². The molecule has 0 atom stereocenters. The number of carboxylic acid groups (broad SMARTS) is 1. The van der Waals surface area contributed by atoms with Crippen LogP contribution in [0.1, 0.15) is 44.1 Å². The number of aliphatic carboxylic acids is 1. The van der Waals surface area contributed by atoms with Gasteiger partial charge in [-0.1, -0.05) is 18.6 Å². The highest BCUT2D eigenvalue weighted by molar-refractivity contribution is 5.75. The van der Waals surface area contributed by atoms with E-state index in [0.29, 0.717) is 12.6 Å². The zero-order valence-corrected chi connectivity index (χ0v) is 14.2. The van der Waals surface area contributed by atoms with E-state index in [4.69, 9.17) is 9.84 Å². The number of nitrogens with one attached hydrogen (secondary N) is 1. The van der Waals surface area contributed by atoms with E-state index < -0.39 is 5.97 Å². The smallest absolute Gasteiger partial charge is 0.317 e. The predicted octanol–water partition coefficient (Wildman–Crippen LogP) is 3.01. The quantitative estimate of drug-likeness (QED) is 0.803. The van der Waals surface area contributed by atoms with Crippen LogP contribution in [-0.2, 0) is 11.3 Å². The van der Waals surface area contributed by atoms with Crippen molar-refractivity contribution < 1.29 is 19.4 Å². The first-order valence-corrected chi connectivity index (χ1v) is 8.51. The number of carbonyl (C=O) groups excluding carboxylic acids is 1. The number of rotatable bonds is 7. The summed E-state index contributed by atoms with van der Waals surface area (Å²) < 4.78 is 5.98. The minimum Gasteiger partial charge on any atom is -0.490 e. The monoisotopic (exact) mass is 334 g/mol. The van der Waals surface area contributed by atoms with Gasteiger partial charge < -0.3 is 20.1 Å². The third kappa shape index (κ3) is 6.10. The minimum atomic E-state index is -0.914. The summed E-state index contributed by atoms with van der Waals surface area (Å²) in [6.07, 6.45) is 6.30. The van der Waals surface area contributed by atoms with E-state index in [1.165, 1.54) is 24.2 Å². The summed E-state index contributed by atoms with van der Waals surface area (Å²) in [5, 5.41) is 11.4. The highest BCUT2D eigenvalue weighted by Gasteiger charge is 2.14. The lowest BCUT2D eigenvalue weighted by atomic mass is 9.98. The molecule has 0 aliphatic heterocycles. The fourth-order valence-corrected chi connectivity index (χ4v) is 2.74. The van der Waals surface area contributed by atoms with Crippen molar-refractivity contribution in [1.29, 1.82) is 0 Å². The van der Waals surface area contributed by atoms with Gasteiger partial charge in [0.2, 0.25) is 0 Å². The molecule has 0 heterocycles. The molecule has 6 nitrogen and oxygen atoms in total. The molecule has 0 aromatic heterocycles. The van der Waals surface area contributed by atoms with Crippen molar-refractivity contribution in [2.75, 3.05) is 13.6 Å². The first-order valence-electron chi connectivity index (χ1n) is 8.51. The number of carbonyl (C=O) groups is 2. The third-order valence-electron chi connectivity index (χ3n) is 4.23. The molecule has 0 spiro atoms. The van der Waals surface area contributed by atoms with E-state index in [0.717, 1.165) is 24.2 Å². The molecule has 2 rings (SSSR count). The maximum atomic E-state index is 11.9. The van der Waals surface area contributed by atoms with Crippen molar-refractivity contribution in [3.63, 3.8) is 0 Å².